The number of aryl methyl sites for hydroxylation is 1. The second-order valence-corrected chi connectivity index (χ2v) is 7.59. The van der Waals surface area contributed by atoms with E-state index in [1.165, 1.54) is 29.7 Å². The third-order valence-corrected chi connectivity index (χ3v) is 5.93. The van der Waals surface area contributed by atoms with Crippen LogP contribution in [-0.2, 0) is 26.1 Å². The fourth-order valence-corrected chi connectivity index (χ4v) is 4.29. The summed E-state index contributed by atoms with van der Waals surface area (Å²) >= 11 is 0. The second kappa shape index (κ2) is 5.70. The Bertz CT molecular complexity index is 884. The van der Waals surface area contributed by atoms with Gasteiger partial charge in [-0.1, -0.05) is 24.3 Å². The third kappa shape index (κ3) is 2.58. The predicted octanol–water partition coefficient (Wildman–Crippen LogP) is 2.09. The van der Waals surface area contributed by atoms with Gasteiger partial charge in [-0.15, -0.1) is 0 Å². The van der Waals surface area contributed by atoms with Crippen molar-refractivity contribution in [1.29, 1.82) is 0 Å². The van der Waals surface area contributed by atoms with Crippen LogP contribution in [0.5, 0.6) is 0 Å². The molecule has 2 aromatic rings. The van der Waals surface area contributed by atoms with Crippen LogP contribution in [0.2, 0.25) is 0 Å². The van der Waals surface area contributed by atoms with E-state index in [2.05, 4.69) is 50.5 Å². The van der Waals surface area contributed by atoms with Gasteiger partial charge in [0.25, 0.3) is 5.56 Å². The highest BCUT2D eigenvalue weighted by Crippen LogP contribution is 2.32. The predicted molar refractivity (Wildman–Crippen MR) is 97.9 cm³/mol. The van der Waals surface area contributed by atoms with Crippen molar-refractivity contribution in [3.63, 3.8) is 0 Å². The fraction of sp³-hybridized carbons (Fsp3) is 0.500. The summed E-state index contributed by atoms with van der Waals surface area (Å²) in [6.07, 6.45) is 3.56. The summed E-state index contributed by atoms with van der Waals surface area (Å²) in [5.74, 6) is 0.867. The Labute approximate surface area is 147 Å². The number of aromatic nitrogens is 2. The van der Waals surface area contributed by atoms with Crippen molar-refractivity contribution in [3.8, 4) is 0 Å². The number of benzene rings is 1. The molecule has 1 aliphatic carbocycles. The van der Waals surface area contributed by atoms with Gasteiger partial charge in [0.1, 0.15) is 0 Å². The van der Waals surface area contributed by atoms with Crippen molar-refractivity contribution in [2.24, 2.45) is 0 Å². The molecule has 0 atom stereocenters. The first-order chi connectivity index (χ1) is 12.2. The lowest BCUT2D eigenvalue weighted by atomic mass is 10.1. The van der Waals surface area contributed by atoms with E-state index in [4.69, 9.17) is 0 Å². The highest BCUT2D eigenvalue weighted by molar-refractivity contribution is 5.42. The molecule has 5 heteroatoms. The van der Waals surface area contributed by atoms with Crippen molar-refractivity contribution in [3.05, 3.63) is 57.0 Å². The van der Waals surface area contributed by atoms with Gasteiger partial charge in [0.05, 0.1) is 5.56 Å². The summed E-state index contributed by atoms with van der Waals surface area (Å²) in [6.45, 7) is 6.73. The number of hydrogen-bond acceptors (Lipinski definition) is 4. The first kappa shape index (κ1) is 15.1. The van der Waals surface area contributed by atoms with Gasteiger partial charge in [0, 0.05) is 50.9 Å². The summed E-state index contributed by atoms with van der Waals surface area (Å²) in [5.41, 5.74) is 4.77. The molecule has 0 spiro atoms. The number of fused-ring (bicyclic) bond motifs is 3. The topological polar surface area (TPSA) is 41.4 Å². The van der Waals surface area contributed by atoms with Crippen molar-refractivity contribution in [1.82, 2.24) is 14.5 Å². The monoisotopic (exact) mass is 336 g/mol. The zero-order valence-electron chi connectivity index (χ0n) is 14.7. The van der Waals surface area contributed by atoms with Crippen LogP contribution in [0.15, 0.2) is 29.1 Å². The lowest BCUT2D eigenvalue weighted by Crippen LogP contribution is -2.38. The van der Waals surface area contributed by atoms with Crippen molar-refractivity contribution >= 4 is 5.95 Å². The molecule has 2 aliphatic heterocycles. The van der Waals surface area contributed by atoms with Gasteiger partial charge in [-0.05, 0) is 30.9 Å². The molecule has 0 N–H and O–H groups in total. The van der Waals surface area contributed by atoms with Gasteiger partial charge in [-0.2, -0.15) is 4.98 Å². The lowest BCUT2D eigenvalue weighted by Gasteiger charge is -2.29. The van der Waals surface area contributed by atoms with Gasteiger partial charge in [0.15, 0.2) is 0 Å². The van der Waals surface area contributed by atoms with Gasteiger partial charge in [-0.3, -0.25) is 9.69 Å². The standard InChI is InChI=1S/C20H24N4O/c1-14-4-2-3-5-15(14)12-23-10-11-24-18-8-9-22(16-6-7-16)13-17(18)19(25)21-20(23)24/h2-5,16H,6-13H2,1H3. The first-order valence-corrected chi connectivity index (χ1v) is 9.37. The van der Waals surface area contributed by atoms with E-state index in [-0.39, 0.29) is 5.56 Å². The van der Waals surface area contributed by atoms with Crippen LogP contribution >= 0.6 is 0 Å². The normalized spacial score (nSPS) is 19.8. The maximum absolute atomic E-state index is 12.7. The molecule has 3 aliphatic rings. The van der Waals surface area contributed by atoms with Crippen LogP contribution in [0.3, 0.4) is 0 Å². The van der Waals surface area contributed by atoms with Crippen LogP contribution in [0.4, 0.5) is 5.95 Å². The van der Waals surface area contributed by atoms with Crippen molar-refractivity contribution < 1.29 is 0 Å². The molecule has 1 saturated carbocycles. The maximum atomic E-state index is 12.7. The summed E-state index contributed by atoms with van der Waals surface area (Å²) in [4.78, 5) is 21.9. The highest BCUT2D eigenvalue weighted by atomic mass is 16.1. The zero-order chi connectivity index (χ0) is 17.0. The minimum atomic E-state index is -0.0108. The van der Waals surface area contributed by atoms with E-state index in [0.717, 1.165) is 50.7 Å². The highest BCUT2D eigenvalue weighted by Gasteiger charge is 2.35. The van der Waals surface area contributed by atoms with Crippen molar-refractivity contribution in [2.45, 2.75) is 51.9 Å². The Hall–Kier alpha value is -2.14. The van der Waals surface area contributed by atoms with Gasteiger partial charge < -0.3 is 9.47 Å². The van der Waals surface area contributed by atoms with E-state index >= 15 is 0 Å². The molecule has 0 amide bonds. The molecular weight excluding hydrogens is 312 g/mol. The number of nitrogens with zero attached hydrogens (tertiary/aromatic N) is 4. The van der Waals surface area contributed by atoms with Crippen LogP contribution in [0.1, 0.15) is 35.2 Å². The van der Waals surface area contributed by atoms with Crippen LogP contribution in [-0.4, -0.2) is 33.6 Å². The third-order valence-electron chi connectivity index (χ3n) is 5.93. The van der Waals surface area contributed by atoms with Gasteiger partial charge in [-0.25, -0.2) is 0 Å². The Morgan fingerprint density at radius 1 is 1.16 bits per heavy atom. The number of hydrogen-bond donors (Lipinski definition) is 0. The summed E-state index contributed by atoms with van der Waals surface area (Å²) in [5, 5.41) is 0. The molecule has 0 bridgehead atoms. The maximum Gasteiger partial charge on any atom is 0.279 e. The fourth-order valence-electron chi connectivity index (χ4n) is 4.29. The number of rotatable bonds is 3. The molecule has 5 nitrogen and oxygen atoms in total. The van der Waals surface area contributed by atoms with E-state index in [9.17, 15) is 4.79 Å². The van der Waals surface area contributed by atoms with E-state index in [0.29, 0.717) is 6.04 Å². The minimum absolute atomic E-state index is 0.0108. The molecular formula is C20H24N4O. The smallest absolute Gasteiger partial charge is 0.279 e. The van der Waals surface area contributed by atoms with Gasteiger partial charge >= 0.3 is 0 Å². The minimum Gasteiger partial charge on any atom is -0.336 e. The average Bonchev–Trinajstić information content (AvgIpc) is 3.40. The van der Waals surface area contributed by atoms with E-state index in [1.54, 1.807) is 0 Å². The molecule has 3 heterocycles. The first-order valence-electron chi connectivity index (χ1n) is 9.37. The van der Waals surface area contributed by atoms with Crippen LogP contribution < -0.4 is 10.5 Å². The Morgan fingerprint density at radius 2 is 2.00 bits per heavy atom. The van der Waals surface area contributed by atoms with Crippen LogP contribution in [0, 0.1) is 6.92 Å². The molecule has 5 rings (SSSR count). The summed E-state index contributed by atoms with van der Waals surface area (Å²) in [6, 6.07) is 9.18. The van der Waals surface area contributed by atoms with E-state index in [1.807, 2.05) is 0 Å². The second-order valence-electron chi connectivity index (χ2n) is 7.59. The molecule has 25 heavy (non-hydrogen) atoms. The molecule has 1 fully saturated rings. The molecule has 1 aromatic carbocycles. The molecule has 0 saturated heterocycles. The summed E-state index contributed by atoms with van der Waals surface area (Å²) in [7, 11) is 0. The Kier molecular flexibility index (Phi) is 3.45. The average molecular weight is 336 g/mol. The largest absolute Gasteiger partial charge is 0.336 e. The van der Waals surface area contributed by atoms with Crippen molar-refractivity contribution in [2.75, 3.05) is 18.0 Å². The molecule has 0 unspecified atom stereocenters. The lowest BCUT2D eigenvalue weighted by molar-refractivity contribution is 0.237. The number of anilines is 1. The Balaban J connectivity index is 1.48. The van der Waals surface area contributed by atoms with Crippen LogP contribution in [0.25, 0.3) is 0 Å². The molecule has 1 aromatic heterocycles. The molecule has 0 radical (unpaired) electrons. The summed E-state index contributed by atoms with van der Waals surface area (Å²) < 4.78 is 2.30. The van der Waals surface area contributed by atoms with E-state index < -0.39 is 0 Å². The van der Waals surface area contributed by atoms with Gasteiger partial charge in [0.2, 0.25) is 5.95 Å². The Morgan fingerprint density at radius 3 is 2.80 bits per heavy atom. The molecule has 130 valence electrons. The zero-order valence-corrected chi connectivity index (χ0v) is 14.7. The quantitative estimate of drug-likeness (QED) is 0.861. The SMILES string of the molecule is Cc1ccccc1CN1CCn2c1nc(=O)c1c2CCN(C2CC2)C1.